The molecule has 1 amide bonds. The van der Waals surface area contributed by atoms with Crippen molar-refractivity contribution in [2.24, 2.45) is 5.92 Å². The van der Waals surface area contributed by atoms with Crippen LogP contribution in [0.1, 0.15) is 35.4 Å². The van der Waals surface area contributed by atoms with E-state index in [0.29, 0.717) is 12.5 Å². The van der Waals surface area contributed by atoms with E-state index in [0.717, 1.165) is 13.1 Å². The van der Waals surface area contributed by atoms with Gasteiger partial charge >= 0.3 is 0 Å². The number of nitrogens with zero attached hydrogens (tertiary/aromatic N) is 1. The van der Waals surface area contributed by atoms with Crippen LogP contribution in [-0.4, -0.2) is 29.9 Å². The molecule has 0 spiro atoms. The molecule has 19 heavy (non-hydrogen) atoms. The summed E-state index contributed by atoms with van der Waals surface area (Å²) in [6, 6.07) is 4.37. The van der Waals surface area contributed by atoms with Gasteiger partial charge in [0.25, 0.3) is 0 Å². The number of nitrogens with one attached hydrogen (secondary N) is 1. The van der Waals surface area contributed by atoms with E-state index in [2.05, 4.69) is 29.3 Å². The van der Waals surface area contributed by atoms with E-state index in [4.69, 9.17) is 0 Å². The molecule has 4 heteroatoms. The van der Waals surface area contributed by atoms with Gasteiger partial charge in [-0.2, -0.15) is 0 Å². The van der Waals surface area contributed by atoms with Gasteiger partial charge in [-0.1, -0.05) is 0 Å². The van der Waals surface area contributed by atoms with Gasteiger partial charge in [-0.05, 0) is 63.7 Å². The fourth-order valence-corrected chi connectivity index (χ4v) is 3.80. The smallest absolute Gasteiger partial charge is 0.237 e. The lowest BCUT2D eigenvalue weighted by molar-refractivity contribution is -0.127. The molecule has 1 aliphatic heterocycles. The normalized spacial score (nSPS) is 21.5. The van der Waals surface area contributed by atoms with Crippen LogP contribution in [0.5, 0.6) is 0 Å². The Labute approximate surface area is 119 Å². The second-order valence-electron chi connectivity index (χ2n) is 5.76. The molecule has 3 nitrogen and oxygen atoms in total. The van der Waals surface area contributed by atoms with E-state index >= 15 is 0 Å². The summed E-state index contributed by atoms with van der Waals surface area (Å²) in [5.41, 5.74) is 0. The molecule has 2 aliphatic rings. The Bertz CT molecular complexity index is 447. The van der Waals surface area contributed by atoms with E-state index in [-0.39, 0.29) is 11.9 Å². The van der Waals surface area contributed by atoms with Gasteiger partial charge in [0.05, 0.1) is 12.6 Å². The van der Waals surface area contributed by atoms with Crippen molar-refractivity contribution in [3.8, 4) is 0 Å². The lowest BCUT2D eigenvalue weighted by Crippen LogP contribution is -2.46. The molecular weight excluding hydrogens is 256 g/mol. The van der Waals surface area contributed by atoms with E-state index < -0.39 is 0 Å². The molecule has 1 aliphatic carbocycles. The zero-order chi connectivity index (χ0) is 13.2. The first-order chi connectivity index (χ1) is 9.24. The highest BCUT2D eigenvalue weighted by atomic mass is 32.1. The number of carbonyl (C=O) groups excluding carboxylic acids is 1. The molecule has 2 fully saturated rings. The summed E-state index contributed by atoms with van der Waals surface area (Å²) in [4.78, 5) is 17.4. The molecule has 3 rings (SSSR count). The average Bonchev–Trinajstić information content (AvgIpc) is 2.89. The zero-order valence-corrected chi connectivity index (χ0v) is 12.3. The fraction of sp³-hybridized carbons (Fsp3) is 0.667. The van der Waals surface area contributed by atoms with E-state index in [1.807, 2.05) is 0 Å². The number of rotatable bonds is 5. The molecule has 0 aromatic carbocycles. The summed E-state index contributed by atoms with van der Waals surface area (Å²) in [6.45, 7) is 5.00. The Morgan fingerprint density at radius 3 is 2.74 bits per heavy atom. The maximum atomic E-state index is 12.4. The van der Waals surface area contributed by atoms with Crippen molar-refractivity contribution < 1.29 is 4.79 Å². The summed E-state index contributed by atoms with van der Waals surface area (Å²) in [6.07, 6.45) is 4.96. The second kappa shape index (κ2) is 5.63. The van der Waals surface area contributed by atoms with Crippen LogP contribution in [0.4, 0.5) is 0 Å². The summed E-state index contributed by atoms with van der Waals surface area (Å²) < 4.78 is 0. The standard InChI is InChI=1S/C15H22N2OS/c1-11-4-7-13(19-11)10-16-15(18)14(12-5-6-12)17-8-2-3-9-17/h4,7,12,14H,2-3,5-6,8-10H2,1H3,(H,16,18). The summed E-state index contributed by atoms with van der Waals surface area (Å²) in [7, 11) is 0. The summed E-state index contributed by atoms with van der Waals surface area (Å²) in [5, 5.41) is 3.14. The van der Waals surface area contributed by atoms with Gasteiger partial charge < -0.3 is 5.32 Å². The zero-order valence-electron chi connectivity index (χ0n) is 11.5. The Balaban J connectivity index is 1.57. The van der Waals surface area contributed by atoms with Gasteiger partial charge in [-0.15, -0.1) is 11.3 Å². The van der Waals surface area contributed by atoms with Gasteiger partial charge in [0.15, 0.2) is 0 Å². The minimum absolute atomic E-state index is 0.142. The van der Waals surface area contributed by atoms with Crippen molar-refractivity contribution in [2.75, 3.05) is 13.1 Å². The van der Waals surface area contributed by atoms with Crippen molar-refractivity contribution in [3.63, 3.8) is 0 Å². The highest BCUT2D eigenvalue weighted by Crippen LogP contribution is 2.36. The number of hydrogen-bond donors (Lipinski definition) is 1. The third-order valence-corrected chi connectivity index (χ3v) is 5.10. The first-order valence-electron chi connectivity index (χ1n) is 7.31. The van der Waals surface area contributed by atoms with Gasteiger partial charge in [0.1, 0.15) is 0 Å². The van der Waals surface area contributed by atoms with Crippen LogP contribution in [0.15, 0.2) is 12.1 Å². The van der Waals surface area contributed by atoms with Crippen LogP contribution in [-0.2, 0) is 11.3 Å². The molecule has 0 bridgehead atoms. The number of aryl methyl sites for hydroxylation is 1. The van der Waals surface area contributed by atoms with E-state index in [9.17, 15) is 4.79 Å². The highest BCUT2D eigenvalue weighted by molar-refractivity contribution is 7.11. The second-order valence-corrected chi connectivity index (χ2v) is 7.13. The monoisotopic (exact) mass is 278 g/mol. The van der Waals surface area contributed by atoms with Gasteiger partial charge in [0.2, 0.25) is 5.91 Å². The maximum Gasteiger partial charge on any atom is 0.237 e. The Kier molecular flexibility index (Phi) is 3.89. The molecule has 2 heterocycles. The minimum atomic E-state index is 0.142. The van der Waals surface area contributed by atoms with E-state index in [1.54, 1.807) is 11.3 Å². The topological polar surface area (TPSA) is 32.3 Å². The van der Waals surface area contributed by atoms with Crippen molar-refractivity contribution in [2.45, 2.75) is 45.2 Å². The molecule has 1 atom stereocenters. The van der Waals surface area contributed by atoms with Gasteiger partial charge in [-0.3, -0.25) is 9.69 Å². The fourth-order valence-electron chi connectivity index (χ4n) is 2.97. The van der Waals surface area contributed by atoms with Crippen LogP contribution in [0.2, 0.25) is 0 Å². The van der Waals surface area contributed by atoms with E-state index in [1.165, 1.54) is 35.4 Å². The van der Waals surface area contributed by atoms with Gasteiger partial charge in [-0.25, -0.2) is 0 Å². The first kappa shape index (κ1) is 13.1. The van der Waals surface area contributed by atoms with Crippen molar-refractivity contribution in [1.29, 1.82) is 0 Å². The molecule has 1 unspecified atom stereocenters. The largest absolute Gasteiger partial charge is 0.350 e. The number of thiophene rings is 1. The molecule has 0 radical (unpaired) electrons. The lowest BCUT2D eigenvalue weighted by Gasteiger charge is -2.26. The van der Waals surface area contributed by atoms with Crippen molar-refractivity contribution >= 4 is 17.2 Å². The molecule has 1 aromatic heterocycles. The predicted molar refractivity (Wildman–Crippen MR) is 78.2 cm³/mol. The summed E-state index contributed by atoms with van der Waals surface area (Å²) in [5.74, 6) is 0.860. The molecule has 1 saturated carbocycles. The Morgan fingerprint density at radius 2 is 2.16 bits per heavy atom. The third-order valence-electron chi connectivity index (χ3n) is 4.10. The maximum absolute atomic E-state index is 12.4. The van der Waals surface area contributed by atoms with Crippen LogP contribution >= 0.6 is 11.3 Å². The number of amides is 1. The first-order valence-corrected chi connectivity index (χ1v) is 8.13. The number of hydrogen-bond acceptors (Lipinski definition) is 3. The van der Waals surface area contributed by atoms with Crippen molar-refractivity contribution in [1.82, 2.24) is 10.2 Å². The quantitative estimate of drug-likeness (QED) is 0.897. The van der Waals surface area contributed by atoms with Crippen LogP contribution in [0, 0.1) is 12.8 Å². The molecule has 1 N–H and O–H groups in total. The summed E-state index contributed by atoms with van der Waals surface area (Å²) >= 11 is 1.77. The molecular formula is C15H22N2OS. The van der Waals surface area contributed by atoms with Crippen LogP contribution in [0.25, 0.3) is 0 Å². The average molecular weight is 278 g/mol. The molecule has 1 aromatic rings. The Hall–Kier alpha value is -0.870. The van der Waals surface area contributed by atoms with Gasteiger partial charge in [0, 0.05) is 9.75 Å². The third kappa shape index (κ3) is 3.18. The van der Waals surface area contributed by atoms with Crippen LogP contribution < -0.4 is 5.32 Å². The number of likely N-dealkylation sites (tertiary alicyclic amines) is 1. The number of carbonyl (C=O) groups is 1. The van der Waals surface area contributed by atoms with Crippen molar-refractivity contribution in [3.05, 3.63) is 21.9 Å². The highest BCUT2D eigenvalue weighted by Gasteiger charge is 2.40. The molecule has 104 valence electrons. The minimum Gasteiger partial charge on any atom is -0.350 e. The lowest BCUT2D eigenvalue weighted by atomic mass is 10.1. The van der Waals surface area contributed by atoms with Crippen LogP contribution in [0.3, 0.4) is 0 Å². The SMILES string of the molecule is Cc1ccc(CNC(=O)C(C2CC2)N2CCCC2)s1. The predicted octanol–water partition coefficient (Wildman–Crippen LogP) is 2.55. The molecule has 1 saturated heterocycles. The Morgan fingerprint density at radius 1 is 1.42 bits per heavy atom.